The van der Waals surface area contributed by atoms with E-state index < -0.39 is 0 Å². The Labute approximate surface area is 354 Å². The van der Waals surface area contributed by atoms with Crippen molar-refractivity contribution in [1.82, 2.24) is 0 Å². The van der Waals surface area contributed by atoms with Crippen LogP contribution in [0.25, 0.3) is 65.3 Å². The van der Waals surface area contributed by atoms with Gasteiger partial charge >= 0.3 is 0 Å². The van der Waals surface area contributed by atoms with E-state index in [1.165, 1.54) is 37.9 Å². The van der Waals surface area contributed by atoms with Gasteiger partial charge < -0.3 is 14.5 Å². The standard InChI is InChI=1S/C58H38N2O/c1-3-17-44(18-4-1)59(55-37-43-16-9-10-21-48(43)49-22-11-12-23-50(49)55)46-30-26-40(27-31-46)42-29-33-51-52-34-35-54(53-24-13-25-56(58(52)53)61-57(51)38-42)60(45-19-5-2-6-20-45)47-32-28-39-14-7-8-15-41(39)36-47/h1-38H. The van der Waals surface area contributed by atoms with E-state index in [-0.39, 0.29) is 0 Å². The van der Waals surface area contributed by atoms with Crippen LogP contribution >= 0.6 is 0 Å². The highest BCUT2D eigenvalue weighted by atomic mass is 16.5. The van der Waals surface area contributed by atoms with Crippen molar-refractivity contribution in [2.75, 3.05) is 9.80 Å². The van der Waals surface area contributed by atoms with Crippen LogP contribution in [0.2, 0.25) is 0 Å². The largest absolute Gasteiger partial charge is 0.456 e. The van der Waals surface area contributed by atoms with Crippen molar-refractivity contribution < 1.29 is 4.74 Å². The van der Waals surface area contributed by atoms with Gasteiger partial charge in [0.05, 0.1) is 11.4 Å². The monoisotopic (exact) mass is 778 g/mol. The van der Waals surface area contributed by atoms with Crippen LogP contribution in [0.3, 0.4) is 0 Å². The van der Waals surface area contributed by atoms with E-state index in [0.717, 1.165) is 73.1 Å². The van der Waals surface area contributed by atoms with Gasteiger partial charge in [-0.3, -0.25) is 0 Å². The van der Waals surface area contributed by atoms with Crippen molar-refractivity contribution in [3.05, 3.63) is 231 Å². The van der Waals surface area contributed by atoms with Gasteiger partial charge in [-0.1, -0.05) is 152 Å². The Kier molecular flexibility index (Phi) is 8.17. The lowest BCUT2D eigenvalue weighted by molar-refractivity contribution is 0.487. The summed E-state index contributed by atoms with van der Waals surface area (Å²) in [4.78, 5) is 4.73. The van der Waals surface area contributed by atoms with Crippen molar-refractivity contribution >= 4 is 77.2 Å². The first-order chi connectivity index (χ1) is 30.2. The van der Waals surface area contributed by atoms with E-state index in [4.69, 9.17) is 4.74 Å². The molecule has 1 aliphatic heterocycles. The number of anilines is 6. The first-order valence-corrected chi connectivity index (χ1v) is 20.8. The second-order valence-corrected chi connectivity index (χ2v) is 15.7. The minimum Gasteiger partial charge on any atom is -0.456 e. The zero-order valence-corrected chi connectivity index (χ0v) is 33.2. The topological polar surface area (TPSA) is 15.7 Å². The van der Waals surface area contributed by atoms with E-state index in [1.807, 2.05) is 0 Å². The lowest BCUT2D eigenvalue weighted by atomic mass is 9.91. The number of ether oxygens (including phenoxy) is 1. The molecule has 0 saturated carbocycles. The summed E-state index contributed by atoms with van der Waals surface area (Å²) in [6, 6.07) is 82.8. The third kappa shape index (κ3) is 5.90. The van der Waals surface area contributed by atoms with Crippen LogP contribution in [0.1, 0.15) is 0 Å². The van der Waals surface area contributed by atoms with Gasteiger partial charge in [0, 0.05) is 44.5 Å². The SMILES string of the molecule is c1ccc(N(c2ccc3ccccc3c2)c2ccc3c4c(cccc24)Oc2cc(-c4ccc(N(c5ccccc5)c5cc6ccccc6c6ccccc56)cc4)ccc2-3)cc1. The Morgan fingerprint density at radius 3 is 1.62 bits per heavy atom. The van der Waals surface area contributed by atoms with Crippen LogP contribution in [-0.2, 0) is 0 Å². The quantitative estimate of drug-likeness (QED) is 0.150. The number of para-hydroxylation sites is 2. The fraction of sp³-hybridized carbons (Fsp3) is 0. The molecule has 12 rings (SSSR count). The highest BCUT2D eigenvalue weighted by molar-refractivity contribution is 6.15. The smallest absolute Gasteiger partial charge is 0.135 e. The average molecular weight is 779 g/mol. The Balaban J connectivity index is 0.929. The lowest BCUT2D eigenvalue weighted by Crippen LogP contribution is -2.11. The highest BCUT2D eigenvalue weighted by Crippen LogP contribution is 2.51. The summed E-state index contributed by atoms with van der Waals surface area (Å²) in [7, 11) is 0. The fourth-order valence-electron chi connectivity index (χ4n) is 9.34. The first-order valence-electron chi connectivity index (χ1n) is 20.8. The minimum absolute atomic E-state index is 0.859. The molecule has 0 N–H and O–H groups in total. The normalized spacial score (nSPS) is 11.7. The summed E-state index contributed by atoms with van der Waals surface area (Å²) in [5.41, 5.74) is 11.2. The number of benzene rings is 11. The molecule has 0 spiro atoms. The molecule has 1 heterocycles. The minimum atomic E-state index is 0.859. The number of rotatable bonds is 7. The maximum atomic E-state index is 6.84. The van der Waals surface area contributed by atoms with E-state index in [1.54, 1.807) is 0 Å². The molecule has 0 amide bonds. The maximum absolute atomic E-state index is 6.84. The number of hydrogen-bond donors (Lipinski definition) is 0. The zero-order chi connectivity index (χ0) is 40.3. The van der Waals surface area contributed by atoms with Crippen molar-refractivity contribution in [3.8, 4) is 33.8 Å². The highest BCUT2D eigenvalue weighted by Gasteiger charge is 2.25. The van der Waals surface area contributed by atoms with Gasteiger partial charge in [-0.05, 0) is 122 Å². The summed E-state index contributed by atoms with van der Waals surface area (Å²) >= 11 is 0. The second kappa shape index (κ2) is 14.3. The molecule has 3 nitrogen and oxygen atoms in total. The van der Waals surface area contributed by atoms with Crippen molar-refractivity contribution in [2.45, 2.75) is 0 Å². The van der Waals surface area contributed by atoms with Gasteiger partial charge in [-0.15, -0.1) is 0 Å². The van der Waals surface area contributed by atoms with E-state index in [0.29, 0.717) is 0 Å². The molecule has 0 radical (unpaired) electrons. The van der Waals surface area contributed by atoms with E-state index >= 15 is 0 Å². The molecule has 0 saturated heterocycles. The summed E-state index contributed by atoms with van der Waals surface area (Å²) in [6.45, 7) is 0. The second-order valence-electron chi connectivity index (χ2n) is 15.7. The van der Waals surface area contributed by atoms with E-state index in [2.05, 4.69) is 240 Å². The predicted octanol–water partition coefficient (Wildman–Crippen LogP) is 16.7. The van der Waals surface area contributed by atoms with Crippen LogP contribution in [0.15, 0.2) is 231 Å². The van der Waals surface area contributed by atoms with Crippen molar-refractivity contribution in [2.24, 2.45) is 0 Å². The number of nitrogens with zero attached hydrogens (tertiary/aromatic N) is 2. The summed E-state index contributed by atoms with van der Waals surface area (Å²) in [5, 5.41) is 9.62. The Bertz CT molecular complexity index is 3450. The molecule has 0 aromatic heterocycles. The fourth-order valence-corrected chi connectivity index (χ4v) is 9.34. The average Bonchev–Trinajstić information content (AvgIpc) is 3.33. The molecule has 61 heavy (non-hydrogen) atoms. The van der Waals surface area contributed by atoms with E-state index in [9.17, 15) is 0 Å². The molecule has 0 bridgehead atoms. The van der Waals surface area contributed by atoms with Crippen molar-refractivity contribution in [3.63, 3.8) is 0 Å². The van der Waals surface area contributed by atoms with Gasteiger partial charge in [-0.25, -0.2) is 0 Å². The van der Waals surface area contributed by atoms with Gasteiger partial charge in [0.2, 0.25) is 0 Å². The predicted molar refractivity (Wildman–Crippen MR) is 257 cm³/mol. The molecule has 11 aromatic rings. The van der Waals surface area contributed by atoms with Crippen LogP contribution in [0, 0.1) is 0 Å². The number of fused-ring (bicyclic) bond motifs is 6. The Morgan fingerprint density at radius 1 is 0.279 bits per heavy atom. The molecule has 0 fully saturated rings. The molecular weight excluding hydrogens is 741 g/mol. The van der Waals surface area contributed by atoms with Crippen LogP contribution < -0.4 is 14.5 Å². The number of hydrogen-bond acceptors (Lipinski definition) is 3. The summed E-state index contributed by atoms with van der Waals surface area (Å²) in [5.74, 6) is 1.72. The van der Waals surface area contributed by atoms with Gasteiger partial charge in [0.25, 0.3) is 0 Å². The summed E-state index contributed by atoms with van der Waals surface area (Å²) in [6.07, 6.45) is 0. The van der Waals surface area contributed by atoms with Crippen molar-refractivity contribution in [1.29, 1.82) is 0 Å². The summed E-state index contributed by atoms with van der Waals surface area (Å²) < 4.78 is 6.84. The van der Waals surface area contributed by atoms with Crippen LogP contribution in [0.4, 0.5) is 34.1 Å². The maximum Gasteiger partial charge on any atom is 0.135 e. The molecule has 286 valence electrons. The lowest BCUT2D eigenvalue weighted by Gasteiger charge is -2.29. The molecular formula is C58H38N2O. The van der Waals surface area contributed by atoms with Crippen LogP contribution in [0.5, 0.6) is 11.5 Å². The third-order valence-electron chi connectivity index (χ3n) is 12.2. The third-order valence-corrected chi connectivity index (χ3v) is 12.2. The van der Waals surface area contributed by atoms with Gasteiger partial charge in [-0.2, -0.15) is 0 Å². The molecule has 1 aliphatic rings. The zero-order valence-electron chi connectivity index (χ0n) is 33.2. The molecule has 0 unspecified atom stereocenters. The first kappa shape index (κ1) is 34.9. The van der Waals surface area contributed by atoms with Crippen LogP contribution in [-0.4, -0.2) is 0 Å². The Morgan fingerprint density at radius 2 is 0.852 bits per heavy atom. The molecule has 0 atom stereocenters. The van der Waals surface area contributed by atoms with Gasteiger partial charge in [0.1, 0.15) is 11.5 Å². The Hall–Kier alpha value is -8.14. The molecule has 0 aliphatic carbocycles. The molecule has 3 heteroatoms. The van der Waals surface area contributed by atoms with Gasteiger partial charge in [0.15, 0.2) is 0 Å². The molecule has 11 aromatic carbocycles.